The van der Waals surface area contributed by atoms with Crippen molar-refractivity contribution in [1.29, 1.82) is 0 Å². The monoisotopic (exact) mass is 269 g/mol. The molecule has 1 atom stereocenters. The summed E-state index contributed by atoms with van der Waals surface area (Å²) in [5.74, 6) is 0.420. The molecule has 2 aromatic carbocycles. The lowest BCUT2D eigenvalue weighted by molar-refractivity contribution is 0.420. The highest BCUT2D eigenvalue weighted by atomic mass is 19.1. The van der Waals surface area contributed by atoms with Gasteiger partial charge < -0.3 is 5.73 Å². The summed E-state index contributed by atoms with van der Waals surface area (Å²) in [5, 5.41) is 0. The molecule has 0 amide bonds. The van der Waals surface area contributed by atoms with Gasteiger partial charge in [0.05, 0.1) is 0 Å². The molecule has 104 valence electrons. The van der Waals surface area contributed by atoms with E-state index in [2.05, 4.69) is 18.2 Å². The van der Waals surface area contributed by atoms with Gasteiger partial charge in [-0.2, -0.15) is 0 Å². The van der Waals surface area contributed by atoms with Crippen LogP contribution >= 0.6 is 0 Å². The van der Waals surface area contributed by atoms with Gasteiger partial charge in [-0.05, 0) is 60.1 Å². The normalized spacial score (nSPS) is 16.8. The van der Waals surface area contributed by atoms with Crippen LogP contribution in [-0.2, 0) is 0 Å². The molecule has 0 aliphatic heterocycles. The van der Waals surface area contributed by atoms with E-state index in [4.69, 9.17) is 5.73 Å². The molecule has 1 nitrogen and oxygen atoms in total. The van der Waals surface area contributed by atoms with Gasteiger partial charge in [-0.15, -0.1) is 0 Å². The summed E-state index contributed by atoms with van der Waals surface area (Å²) in [6, 6.07) is 13.2. The van der Waals surface area contributed by atoms with Gasteiger partial charge in [0.15, 0.2) is 0 Å². The summed E-state index contributed by atoms with van der Waals surface area (Å²) >= 11 is 0. The summed E-state index contributed by atoms with van der Waals surface area (Å²) in [7, 11) is 0. The van der Waals surface area contributed by atoms with Crippen LogP contribution in [0.2, 0.25) is 0 Å². The number of rotatable bonds is 3. The Morgan fingerprint density at radius 1 is 1.10 bits per heavy atom. The highest BCUT2D eigenvalue weighted by molar-refractivity contribution is 5.72. The van der Waals surface area contributed by atoms with Crippen molar-refractivity contribution >= 4 is 0 Å². The SMILES string of the molecule is CC(N)c1ccc(F)cc1-c1ccccc1C1CCC1. The third kappa shape index (κ3) is 2.36. The topological polar surface area (TPSA) is 26.0 Å². The van der Waals surface area contributed by atoms with Crippen molar-refractivity contribution in [2.45, 2.75) is 38.1 Å². The maximum atomic E-state index is 13.7. The number of halogens is 1. The largest absolute Gasteiger partial charge is 0.324 e. The third-order valence-electron chi connectivity index (χ3n) is 4.30. The Hall–Kier alpha value is -1.67. The van der Waals surface area contributed by atoms with Gasteiger partial charge in [-0.25, -0.2) is 4.39 Å². The molecule has 0 saturated heterocycles. The Balaban J connectivity index is 2.15. The second-order valence-corrected chi connectivity index (χ2v) is 5.74. The van der Waals surface area contributed by atoms with E-state index < -0.39 is 0 Å². The minimum atomic E-state index is -0.201. The van der Waals surface area contributed by atoms with Crippen LogP contribution < -0.4 is 5.73 Å². The van der Waals surface area contributed by atoms with Crippen molar-refractivity contribution in [3.63, 3.8) is 0 Å². The Morgan fingerprint density at radius 2 is 1.85 bits per heavy atom. The first-order chi connectivity index (χ1) is 9.66. The van der Waals surface area contributed by atoms with Crippen LogP contribution in [-0.4, -0.2) is 0 Å². The minimum absolute atomic E-state index is 0.0972. The Morgan fingerprint density at radius 3 is 2.50 bits per heavy atom. The van der Waals surface area contributed by atoms with E-state index in [1.165, 1.54) is 30.9 Å². The van der Waals surface area contributed by atoms with Crippen LogP contribution in [0.25, 0.3) is 11.1 Å². The highest BCUT2D eigenvalue weighted by Gasteiger charge is 2.23. The Kier molecular flexibility index (Phi) is 3.58. The molecular weight excluding hydrogens is 249 g/mol. The molecule has 0 bridgehead atoms. The molecule has 1 saturated carbocycles. The zero-order chi connectivity index (χ0) is 14.1. The quantitative estimate of drug-likeness (QED) is 0.852. The van der Waals surface area contributed by atoms with Gasteiger partial charge in [-0.1, -0.05) is 36.8 Å². The van der Waals surface area contributed by atoms with E-state index in [1.54, 1.807) is 6.07 Å². The zero-order valence-corrected chi connectivity index (χ0v) is 11.8. The van der Waals surface area contributed by atoms with Crippen LogP contribution in [0.15, 0.2) is 42.5 Å². The minimum Gasteiger partial charge on any atom is -0.324 e. The molecule has 0 radical (unpaired) electrons. The zero-order valence-electron chi connectivity index (χ0n) is 11.8. The molecule has 0 aromatic heterocycles. The van der Waals surface area contributed by atoms with Gasteiger partial charge in [0.1, 0.15) is 5.82 Å². The van der Waals surface area contributed by atoms with Gasteiger partial charge in [-0.3, -0.25) is 0 Å². The molecule has 2 aromatic rings. The van der Waals surface area contributed by atoms with Crippen molar-refractivity contribution in [2.24, 2.45) is 5.73 Å². The Bertz CT molecular complexity index is 615. The van der Waals surface area contributed by atoms with Crippen molar-refractivity contribution < 1.29 is 4.39 Å². The van der Waals surface area contributed by atoms with Crippen molar-refractivity contribution in [2.75, 3.05) is 0 Å². The highest BCUT2D eigenvalue weighted by Crippen LogP contribution is 2.42. The number of hydrogen-bond acceptors (Lipinski definition) is 1. The summed E-state index contributed by atoms with van der Waals surface area (Å²) in [6.07, 6.45) is 3.77. The fourth-order valence-corrected chi connectivity index (χ4v) is 2.98. The fraction of sp³-hybridized carbons (Fsp3) is 0.333. The van der Waals surface area contributed by atoms with Crippen molar-refractivity contribution in [3.8, 4) is 11.1 Å². The van der Waals surface area contributed by atoms with E-state index in [-0.39, 0.29) is 11.9 Å². The molecule has 3 rings (SSSR count). The van der Waals surface area contributed by atoms with E-state index in [0.29, 0.717) is 5.92 Å². The molecule has 2 heteroatoms. The van der Waals surface area contributed by atoms with Gasteiger partial charge >= 0.3 is 0 Å². The molecule has 1 unspecified atom stereocenters. The van der Waals surface area contributed by atoms with Crippen LogP contribution in [0.5, 0.6) is 0 Å². The lowest BCUT2D eigenvalue weighted by atomic mass is 9.76. The van der Waals surface area contributed by atoms with E-state index in [9.17, 15) is 4.39 Å². The third-order valence-corrected chi connectivity index (χ3v) is 4.30. The van der Waals surface area contributed by atoms with E-state index in [1.807, 2.05) is 19.1 Å². The second-order valence-electron chi connectivity index (χ2n) is 5.74. The fourth-order valence-electron chi connectivity index (χ4n) is 2.98. The van der Waals surface area contributed by atoms with Crippen molar-refractivity contribution in [1.82, 2.24) is 0 Å². The van der Waals surface area contributed by atoms with Crippen molar-refractivity contribution in [3.05, 3.63) is 59.4 Å². The first-order valence-corrected chi connectivity index (χ1v) is 7.31. The Labute approximate surface area is 119 Å². The summed E-state index contributed by atoms with van der Waals surface area (Å²) in [4.78, 5) is 0. The standard InChI is InChI=1S/C18H20FN/c1-12(20)15-10-9-14(19)11-18(15)17-8-3-2-7-16(17)13-5-4-6-13/h2-3,7-13H,4-6,20H2,1H3. The first-order valence-electron chi connectivity index (χ1n) is 7.31. The summed E-state index contributed by atoms with van der Waals surface area (Å²) < 4.78 is 13.7. The lowest BCUT2D eigenvalue weighted by Gasteiger charge is -2.28. The molecular formula is C18H20FN. The average molecular weight is 269 g/mol. The summed E-state index contributed by atoms with van der Waals surface area (Å²) in [6.45, 7) is 1.95. The predicted molar refractivity (Wildman–Crippen MR) is 81.0 cm³/mol. The summed E-state index contributed by atoms with van der Waals surface area (Å²) in [5.41, 5.74) is 10.5. The van der Waals surface area contributed by atoms with Crippen LogP contribution in [0, 0.1) is 5.82 Å². The first kappa shape index (κ1) is 13.3. The van der Waals surface area contributed by atoms with Crippen LogP contribution in [0.3, 0.4) is 0 Å². The second kappa shape index (κ2) is 5.37. The maximum Gasteiger partial charge on any atom is 0.123 e. The van der Waals surface area contributed by atoms with E-state index in [0.717, 1.165) is 16.7 Å². The van der Waals surface area contributed by atoms with Crippen LogP contribution in [0.4, 0.5) is 4.39 Å². The number of nitrogens with two attached hydrogens (primary N) is 1. The molecule has 0 spiro atoms. The molecule has 0 heterocycles. The van der Waals surface area contributed by atoms with Gasteiger partial charge in [0.25, 0.3) is 0 Å². The number of benzene rings is 2. The molecule has 1 fully saturated rings. The number of hydrogen-bond donors (Lipinski definition) is 1. The van der Waals surface area contributed by atoms with Gasteiger partial charge in [0, 0.05) is 6.04 Å². The molecule has 1 aliphatic carbocycles. The lowest BCUT2D eigenvalue weighted by Crippen LogP contribution is -2.12. The molecule has 2 N–H and O–H groups in total. The molecule has 1 aliphatic rings. The predicted octanol–water partition coefficient (Wildman–Crippen LogP) is 4.78. The molecule has 20 heavy (non-hydrogen) atoms. The van der Waals surface area contributed by atoms with Gasteiger partial charge in [0.2, 0.25) is 0 Å². The van der Waals surface area contributed by atoms with E-state index >= 15 is 0 Å². The van der Waals surface area contributed by atoms with Crippen LogP contribution in [0.1, 0.15) is 49.3 Å². The smallest absolute Gasteiger partial charge is 0.123 e. The maximum absolute atomic E-state index is 13.7. The average Bonchev–Trinajstić information content (AvgIpc) is 2.37.